The summed E-state index contributed by atoms with van der Waals surface area (Å²) in [4.78, 5) is 1.66. The second kappa shape index (κ2) is 9.59. The summed E-state index contributed by atoms with van der Waals surface area (Å²) in [7, 11) is 0. The van der Waals surface area contributed by atoms with Gasteiger partial charge in [0.1, 0.15) is 11.2 Å². The first-order valence-electron chi connectivity index (χ1n) is 19.1. The molecule has 43 heavy (non-hydrogen) atoms. The summed E-state index contributed by atoms with van der Waals surface area (Å²) in [6, 6.07) is 21.2. The third-order valence-electron chi connectivity index (χ3n) is 7.65. The zero-order chi connectivity index (χ0) is 37.9. The third-order valence-corrected chi connectivity index (χ3v) is 8.67. The Kier molecular flexibility index (Phi) is 3.51. The number of thiophene rings is 1. The van der Waals surface area contributed by atoms with Crippen molar-refractivity contribution in [1.29, 1.82) is 0 Å². The van der Waals surface area contributed by atoms with Crippen molar-refractivity contribution in [2.45, 2.75) is 0 Å². The normalized spacial score (nSPS) is 15.3. The highest BCUT2D eigenvalue weighted by molar-refractivity contribution is 7.25. The highest BCUT2D eigenvalue weighted by Gasteiger charge is 2.20. The number of hydrogen-bond acceptors (Lipinski definition) is 3. The van der Waals surface area contributed by atoms with Crippen molar-refractivity contribution in [1.82, 2.24) is 0 Å². The molecule has 7 aromatic carbocycles. The number of rotatable bonds is 4. The number of para-hydroxylation sites is 1. The predicted octanol–water partition coefficient (Wildman–Crippen LogP) is 12.2. The average Bonchev–Trinajstić information content (AvgIpc) is 3.78. The van der Waals surface area contributed by atoms with E-state index >= 15 is 0 Å². The first kappa shape index (κ1) is 15.7. The van der Waals surface area contributed by atoms with Crippen molar-refractivity contribution in [2.24, 2.45) is 0 Å². The minimum Gasteiger partial charge on any atom is -0.455 e. The maximum absolute atomic E-state index is 9.51. The second-order valence-corrected chi connectivity index (χ2v) is 11.1. The summed E-state index contributed by atoms with van der Waals surface area (Å²) in [5.74, 6) is 0. The van der Waals surface area contributed by atoms with E-state index in [0.717, 1.165) is 27.5 Å². The van der Waals surface area contributed by atoms with E-state index in [-0.39, 0.29) is 49.1 Å². The van der Waals surface area contributed by atoms with Crippen molar-refractivity contribution < 1.29 is 19.5 Å². The van der Waals surface area contributed by atoms with Crippen LogP contribution in [0.2, 0.25) is 0 Å². The van der Waals surface area contributed by atoms with E-state index < -0.39 is 54.4 Å². The highest BCUT2D eigenvalue weighted by Crippen LogP contribution is 2.45. The molecular weight excluding hydrogens is 543 g/mol. The van der Waals surface area contributed by atoms with Crippen LogP contribution in [0.5, 0.6) is 0 Å². The average molecular weight is 579 g/mol. The monoisotopic (exact) mass is 578 g/mol. The molecule has 0 aliphatic rings. The lowest BCUT2D eigenvalue weighted by Gasteiger charge is -2.26. The van der Waals surface area contributed by atoms with E-state index in [2.05, 4.69) is 0 Å². The topological polar surface area (TPSA) is 16.4 Å². The molecule has 9 rings (SSSR count). The van der Waals surface area contributed by atoms with E-state index in [0.29, 0.717) is 27.9 Å². The zero-order valence-corrected chi connectivity index (χ0v) is 23.2. The number of furan rings is 1. The molecule has 0 bridgehead atoms. The van der Waals surface area contributed by atoms with Crippen LogP contribution >= 0.6 is 11.3 Å². The summed E-state index contributed by atoms with van der Waals surface area (Å²) in [5.41, 5.74) is 1.71. The van der Waals surface area contributed by atoms with E-state index in [4.69, 9.17) is 14.0 Å². The summed E-state index contributed by atoms with van der Waals surface area (Å²) < 4.78 is 105. The van der Waals surface area contributed by atoms with Gasteiger partial charge in [0.25, 0.3) is 0 Å². The Balaban J connectivity index is 1.38. The van der Waals surface area contributed by atoms with Crippen LogP contribution in [0.1, 0.15) is 15.1 Å². The fourth-order valence-corrected chi connectivity index (χ4v) is 6.75. The van der Waals surface area contributed by atoms with Gasteiger partial charge in [-0.25, -0.2) is 0 Å². The van der Waals surface area contributed by atoms with E-state index in [9.17, 15) is 5.48 Å². The van der Waals surface area contributed by atoms with Crippen molar-refractivity contribution in [3.8, 4) is 11.1 Å². The Bertz CT molecular complexity index is 3060. The van der Waals surface area contributed by atoms with Gasteiger partial charge >= 0.3 is 0 Å². The van der Waals surface area contributed by atoms with Crippen LogP contribution in [-0.4, -0.2) is 0 Å². The lowest BCUT2D eigenvalue weighted by molar-refractivity contribution is 0.672. The van der Waals surface area contributed by atoms with Crippen LogP contribution in [0.15, 0.2) is 156 Å². The molecule has 0 spiro atoms. The van der Waals surface area contributed by atoms with Crippen LogP contribution in [0.4, 0.5) is 17.1 Å². The molecule has 2 aromatic heterocycles. The van der Waals surface area contributed by atoms with Crippen molar-refractivity contribution in [2.75, 3.05) is 4.90 Å². The van der Waals surface area contributed by atoms with Crippen molar-refractivity contribution in [3.63, 3.8) is 0 Å². The van der Waals surface area contributed by atoms with Gasteiger partial charge in [0.2, 0.25) is 0 Å². The zero-order valence-electron chi connectivity index (χ0n) is 33.3. The molecular formula is C40H25NOS. The number of hydrogen-bond donors (Lipinski definition) is 0. The summed E-state index contributed by atoms with van der Waals surface area (Å²) in [6.07, 6.45) is 0. The predicted molar refractivity (Wildman–Crippen MR) is 184 cm³/mol. The first-order valence-corrected chi connectivity index (χ1v) is 14.4. The summed E-state index contributed by atoms with van der Waals surface area (Å²) >= 11 is 0.875. The van der Waals surface area contributed by atoms with Gasteiger partial charge in [-0.3, -0.25) is 0 Å². The van der Waals surface area contributed by atoms with Crippen molar-refractivity contribution in [3.05, 3.63) is 151 Å². The van der Waals surface area contributed by atoms with E-state index in [1.165, 1.54) is 0 Å². The fraction of sp³-hybridized carbons (Fsp3) is 0. The summed E-state index contributed by atoms with van der Waals surface area (Å²) in [5, 5.41) is 3.40. The molecule has 3 heteroatoms. The molecule has 0 fully saturated rings. The minimum absolute atomic E-state index is 0.00381. The van der Waals surface area contributed by atoms with Gasteiger partial charge in [-0.05, 0) is 71.0 Å². The Morgan fingerprint density at radius 2 is 1.37 bits per heavy atom. The molecule has 0 saturated carbocycles. The quantitative estimate of drug-likeness (QED) is 0.206. The molecule has 9 aromatic rings. The molecule has 2 heterocycles. The number of nitrogens with zero attached hydrogens (tertiary/aromatic N) is 1. The number of anilines is 3. The Morgan fingerprint density at radius 1 is 0.558 bits per heavy atom. The van der Waals surface area contributed by atoms with Gasteiger partial charge in [-0.2, -0.15) is 0 Å². The molecule has 0 aliphatic heterocycles. The third kappa shape index (κ3) is 3.79. The molecule has 202 valence electrons. The van der Waals surface area contributed by atoms with Gasteiger partial charge in [0, 0.05) is 42.3 Å². The van der Waals surface area contributed by atoms with Crippen LogP contribution < -0.4 is 4.90 Å². The fourth-order valence-electron chi connectivity index (χ4n) is 5.78. The molecule has 0 saturated heterocycles. The molecule has 0 unspecified atom stereocenters. The van der Waals surface area contributed by atoms with E-state index in [1.54, 1.807) is 35.2 Å². The Morgan fingerprint density at radius 3 is 2.28 bits per heavy atom. The molecule has 0 aliphatic carbocycles. The first-order chi connectivity index (χ1) is 25.9. The maximum Gasteiger partial charge on any atom is 0.143 e. The van der Waals surface area contributed by atoms with Crippen LogP contribution in [-0.2, 0) is 0 Å². The van der Waals surface area contributed by atoms with Gasteiger partial charge in [-0.15, -0.1) is 11.3 Å². The van der Waals surface area contributed by atoms with Gasteiger partial charge in [0.05, 0.1) is 26.2 Å². The van der Waals surface area contributed by atoms with Crippen LogP contribution in [0, 0.1) is 0 Å². The second-order valence-electron chi connectivity index (χ2n) is 10.1. The lowest BCUT2D eigenvalue weighted by atomic mass is 9.99. The molecule has 0 atom stereocenters. The van der Waals surface area contributed by atoms with Crippen LogP contribution in [0.3, 0.4) is 0 Å². The van der Waals surface area contributed by atoms with Gasteiger partial charge in [0.15, 0.2) is 0 Å². The summed E-state index contributed by atoms with van der Waals surface area (Å²) in [6.45, 7) is 0. The van der Waals surface area contributed by atoms with Gasteiger partial charge < -0.3 is 9.32 Å². The van der Waals surface area contributed by atoms with Gasteiger partial charge in [-0.1, -0.05) is 96.9 Å². The lowest BCUT2D eigenvalue weighted by Crippen LogP contribution is -2.10. The SMILES string of the molecule is [2H]c1c([2H])c(N(c2ccccc2)c2cccc3oc4c5ccccc5ccc4c23)c([2H])c([2H])c1-c1c([2H])c([2H])c([2H])c2sc3c([2H])c([2H])c([2H])c([2H])c3c12. The Labute approximate surface area is 268 Å². The van der Waals surface area contributed by atoms with E-state index in [1.807, 2.05) is 54.6 Å². The van der Waals surface area contributed by atoms with Crippen molar-refractivity contribution >= 4 is 81.3 Å². The molecule has 0 amide bonds. The molecule has 0 radical (unpaired) electrons. The number of fused-ring (bicyclic) bond motifs is 8. The largest absolute Gasteiger partial charge is 0.455 e. The molecule has 0 N–H and O–H groups in total. The highest BCUT2D eigenvalue weighted by atomic mass is 32.1. The molecule has 2 nitrogen and oxygen atoms in total. The Hall–Kier alpha value is -5.38. The minimum atomic E-state index is -0.546. The standard InChI is InChI=1S/C40H25NOS/c1-2-11-28(12-3-1)41(34-16-9-17-35-39(34)33-25-22-26-10-4-5-13-31(26)40(33)42-35)29-23-20-27(21-24-29)30-15-8-19-37-38(30)32-14-6-7-18-36(32)43-37/h1-25H/i6D,7D,8D,14D,15D,18D,19D,20D,21D,23D,24D. The smallest absolute Gasteiger partial charge is 0.143 e. The number of benzene rings is 7. The maximum atomic E-state index is 9.51. The van der Waals surface area contributed by atoms with Crippen LogP contribution in [0.25, 0.3) is 64.0 Å².